The maximum absolute atomic E-state index is 9.73. The summed E-state index contributed by atoms with van der Waals surface area (Å²) < 4.78 is 1.50. The molecule has 2 aromatic rings. The molecule has 4 heteroatoms. The number of aryl methyl sites for hydroxylation is 1. The average molecular weight is 222 g/mol. The molecule has 0 bridgehead atoms. The molecule has 0 amide bonds. The second kappa shape index (κ2) is 3.62. The summed E-state index contributed by atoms with van der Waals surface area (Å²) in [5.74, 6) is -0.179. The number of nitrogens with zero attached hydrogens (tertiary/aromatic N) is 1. The number of thioether (sulfide) groups is 1. The predicted octanol–water partition coefficient (Wildman–Crippen LogP) is 1.80. The van der Waals surface area contributed by atoms with Crippen LogP contribution in [-0.4, -0.2) is 16.5 Å². The van der Waals surface area contributed by atoms with Gasteiger partial charge in [0.2, 0.25) is 5.75 Å². The first-order chi connectivity index (χ1) is 7.13. The van der Waals surface area contributed by atoms with Crippen LogP contribution in [-0.2, 0) is 7.05 Å². The molecule has 15 heavy (non-hydrogen) atoms. The van der Waals surface area contributed by atoms with Gasteiger partial charge in [0.15, 0.2) is 6.20 Å². The number of hydrogen-bond acceptors (Lipinski definition) is 3. The third kappa shape index (κ3) is 1.61. The number of rotatable bonds is 1. The first-order valence-electron chi connectivity index (χ1n) is 4.52. The second-order valence-corrected chi connectivity index (χ2v) is 4.25. The molecule has 0 saturated carbocycles. The minimum Gasteiger partial charge on any atom is -0.499 e. The van der Waals surface area contributed by atoms with Gasteiger partial charge in [-0.3, -0.25) is 0 Å². The van der Waals surface area contributed by atoms with Crippen molar-refractivity contribution in [1.29, 1.82) is 0 Å². The van der Waals surface area contributed by atoms with E-state index in [9.17, 15) is 10.2 Å². The molecule has 2 N–H and O–H groups in total. The van der Waals surface area contributed by atoms with Crippen molar-refractivity contribution in [1.82, 2.24) is 0 Å². The summed E-state index contributed by atoms with van der Waals surface area (Å²) in [5, 5.41) is 20.8. The summed E-state index contributed by atoms with van der Waals surface area (Å²) >= 11 is 1.65. The molecule has 0 unspecified atom stereocenters. The normalized spacial score (nSPS) is 10.8. The summed E-state index contributed by atoms with van der Waals surface area (Å²) in [7, 11) is 1.69. The molecule has 78 valence electrons. The number of aromatic hydroxyl groups is 2. The van der Waals surface area contributed by atoms with Crippen molar-refractivity contribution >= 4 is 22.5 Å². The standard InChI is InChI=1S/C11H11NO2S/c1-12-6-7-5-8(15-2)3-4-9(7)10(13)11(12)14/h3-6,13H,1-2H3/p+1. The molecule has 0 aliphatic heterocycles. The molecule has 0 atom stereocenters. The summed E-state index contributed by atoms with van der Waals surface area (Å²) in [6, 6.07) is 5.72. The lowest BCUT2D eigenvalue weighted by molar-refractivity contribution is -0.676. The summed E-state index contributed by atoms with van der Waals surface area (Å²) in [5.41, 5.74) is 0. The summed E-state index contributed by atoms with van der Waals surface area (Å²) in [4.78, 5) is 1.13. The van der Waals surface area contributed by atoms with Crippen LogP contribution in [0.1, 0.15) is 0 Å². The number of fused-ring (bicyclic) bond motifs is 1. The third-order valence-corrected chi connectivity index (χ3v) is 3.12. The van der Waals surface area contributed by atoms with Gasteiger partial charge in [-0.15, -0.1) is 11.8 Å². The van der Waals surface area contributed by atoms with E-state index >= 15 is 0 Å². The van der Waals surface area contributed by atoms with Gasteiger partial charge in [-0.1, -0.05) is 0 Å². The molecule has 0 spiro atoms. The molecule has 3 nitrogen and oxygen atoms in total. The zero-order valence-electron chi connectivity index (χ0n) is 8.56. The van der Waals surface area contributed by atoms with Crippen molar-refractivity contribution in [3.8, 4) is 11.6 Å². The molecule has 0 fully saturated rings. The Bertz CT molecular complexity index is 525. The van der Waals surface area contributed by atoms with Crippen LogP contribution < -0.4 is 4.57 Å². The van der Waals surface area contributed by atoms with Gasteiger partial charge in [-0.25, -0.2) is 0 Å². The highest BCUT2D eigenvalue weighted by molar-refractivity contribution is 7.98. The van der Waals surface area contributed by atoms with Crippen LogP contribution in [0, 0.1) is 0 Å². The largest absolute Gasteiger partial charge is 0.499 e. The fourth-order valence-corrected chi connectivity index (χ4v) is 2.00. The van der Waals surface area contributed by atoms with Crippen LogP contribution >= 0.6 is 11.8 Å². The van der Waals surface area contributed by atoms with E-state index in [1.807, 2.05) is 24.5 Å². The third-order valence-electron chi connectivity index (χ3n) is 2.39. The second-order valence-electron chi connectivity index (χ2n) is 3.37. The Hall–Kier alpha value is -1.42. The quantitative estimate of drug-likeness (QED) is 0.571. The monoisotopic (exact) mass is 222 g/mol. The van der Waals surface area contributed by atoms with Crippen LogP contribution in [0.3, 0.4) is 0 Å². The van der Waals surface area contributed by atoms with Crippen LogP contribution in [0.4, 0.5) is 0 Å². The number of benzene rings is 1. The first-order valence-corrected chi connectivity index (χ1v) is 5.74. The van der Waals surface area contributed by atoms with Gasteiger partial charge in [-0.2, -0.15) is 4.57 Å². The van der Waals surface area contributed by atoms with Crippen molar-refractivity contribution in [2.75, 3.05) is 6.26 Å². The van der Waals surface area contributed by atoms with Crippen LogP contribution in [0.5, 0.6) is 11.6 Å². The lowest BCUT2D eigenvalue weighted by Gasteiger charge is -2.02. The van der Waals surface area contributed by atoms with Crippen molar-refractivity contribution in [3.63, 3.8) is 0 Å². The Morgan fingerprint density at radius 3 is 2.67 bits per heavy atom. The average Bonchev–Trinajstić information content (AvgIpc) is 2.25. The highest BCUT2D eigenvalue weighted by Gasteiger charge is 2.15. The van der Waals surface area contributed by atoms with E-state index in [-0.39, 0.29) is 11.6 Å². The molecular weight excluding hydrogens is 210 g/mol. The van der Waals surface area contributed by atoms with Crippen molar-refractivity contribution in [3.05, 3.63) is 24.4 Å². The minimum absolute atomic E-state index is 0.0670. The zero-order chi connectivity index (χ0) is 11.0. The Morgan fingerprint density at radius 2 is 2.00 bits per heavy atom. The predicted molar refractivity (Wildman–Crippen MR) is 60.2 cm³/mol. The molecule has 0 aliphatic rings. The zero-order valence-corrected chi connectivity index (χ0v) is 9.38. The summed E-state index contributed by atoms with van der Waals surface area (Å²) in [6.07, 6.45) is 3.80. The van der Waals surface area contributed by atoms with Crippen LogP contribution in [0.15, 0.2) is 29.3 Å². The van der Waals surface area contributed by atoms with E-state index < -0.39 is 0 Å². The van der Waals surface area contributed by atoms with E-state index in [0.717, 1.165) is 10.3 Å². The van der Waals surface area contributed by atoms with Gasteiger partial charge in [-0.05, 0) is 24.5 Å². The van der Waals surface area contributed by atoms with Crippen LogP contribution in [0.2, 0.25) is 0 Å². The summed E-state index contributed by atoms with van der Waals surface area (Å²) in [6.45, 7) is 0. The number of aromatic nitrogens is 1. The lowest BCUT2D eigenvalue weighted by Crippen LogP contribution is -2.27. The molecule has 0 saturated heterocycles. The van der Waals surface area contributed by atoms with E-state index in [1.165, 1.54) is 4.57 Å². The molecule has 1 heterocycles. The topological polar surface area (TPSA) is 44.3 Å². The Balaban J connectivity index is 2.80. The highest BCUT2D eigenvalue weighted by Crippen LogP contribution is 2.31. The van der Waals surface area contributed by atoms with E-state index in [2.05, 4.69) is 0 Å². The van der Waals surface area contributed by atoms with Crippen molar-refractivity contribution in [2.45, 2.75) is 4.90 Å². The first kappa shape index (κ1) is 10.1. The van der Waals surface area contributed by atoms with E-state index in [0.29, 0.717) is 5.39 Å². The SMILES string of the molecule is CSc1ccc2c(O)c(O)[n+](C)cc2c1. The number of hydrogen-bond donors (Lipinski definition) is 2. The fraction of sp³-hybridized carbons (Fsp3) is 0.182. The molecule has 0 radical (unpaired) electrons. The lowest BCUT2D eigenvalue weighted by atomic mass is 10.1. The maximum Gasteiger partial charge on any atom is 0.409 e. The van der Waals surface area contributed by atoms with Gasteiger partial charge < -0.3 is 10.2 Å². The van der Waals surface area contributed by atoms with Gasteiger partial charge in [0.25, 0.3) is 0 Å². The molecular formula is C11H12NO2S+. The Labute approximate surface area is 92.0 Å². The maximum atomic E-state index is 9.73. The van der Waals surface area contributed by atoms with Crippen molar-refractivity contribution in [2.24, 2.45) is 7.05 Å². The van der Waals surface area contributed by atoms with E-state index in [4.69, 9.17) is 0 Å². The smallest absolute Gasteiger partial charge is 0.409 e. The fourth-order valence-electron chi connectivity index (χ4n) is 1.55. The van der Waals surface area contributed by atoms with Crippen LogP contribution in [0.25, 0.3) is 10.8 Å². The highest BCUT2D eigenvalue weighted by atomic mass is 32.2. The van der Waals surface area contributed by atoms with Crippen molar-refractivity contribution < 1.29 is 14.8 Å². The molecule has 1 aromatic heterocycles. The van der Waals surface area contributed by atoms with Gasteiger partial charge >= 0.3 is 5.88 Å². The van der Waals surface area contributed by atoms with Gasteiger partial charge in [0.05, 0.1) is 5.39 Å². The Morgan fingerprint density at radius 1 is 1.27 bits per heavy atom. The van der Waals surface area contributed by atoms with Gasteiger partial charge in [0.1, 0.15) is 7.05 Å². The van der Waals surface area contributed by atoms with Gasteiger partial charge in [0, 0.05) is 10.3 Å². The molecule has 1 aromatic carbocycles. The minimum atomic E-state index is -0.112. The molecule has 2 rings (SSSR count). The Kier molecular flexibility index (Phi) is 2.44. The molecule has 0 aliphatic carbocycles. The number of pyridine rings is 1. The van der Waals surface area contributed by atoms with E-state index in [1.54, 1.807) is 25.0 Å².